The molecule has 0 bridgehead atoms. The molecule has 0 unspecified atom stereocenters. The van der Waals surface area contributed by atoms with E-state index in [1.54, 1.807) is 12.1 Å². The molecule has 2 rings (SSSR count). The number of halogens is 1. The van der Waals surface area contributed by atoms with Gasteiger partial charge in [-0.25, -0.2) is 4.39 Å². The van der Waals surface area contributed by atoms with Gasteiger partial charge in [0, 0.05) is 6.54 Å². The van der Waals surface area contributed by atoms with Gasteiger partial charge in [-0.2, -0.15) is 0 Å². The average molecular weight is 374 g/mol. The zero-order valence-electron chi connectivity index (χ0n) is 15.8. The molecule has 2 aromatic rings. The highest BCUT2D eigenvalue weighted by Gasteiger charge is 2.16. The van der Waals surface area contributed by atoms with Gasteiger partial charge in [0.15, 0.2) is 5.11 Å². The molecule has 0 aliphatic heterocycles. The summed E-state index contributed by atoms with van der Waals surface area (Å²) in [6.45, 7) is 3.93. The van der Waals surface area contributed by atoms with Crippen molar-refractivity contribution < 1.29 is 4.39 Å². The summed E-state index contributed by atoms with van der Waals surface area (Å²) in [5, 5.41) is 7.17. The second-order valence-corrected chi connectivity index (χ2v) is 7.05. The highest BCUT2D eigenvalue weighted by atomic mass is 32.1. The number of nitrogens with one attached hydrogen (secondary N) is 2. The molecular weight excluding hydrogens is 345 g/mol. The smallest absolute Gasteiger partial charge is 0.167 e. The quantitative estimate of drug-likeness (QED) is 0.542. The Morgan fingerprint density at radius 3 is 2.46 bits per heavy atom. The Hall–Kier alpha value is -1.98. The number of thiocarbonyl (C=S) groups is 1. The van der Waals surface area contributed by atoms with Crippen LogP contribution < -0.4 is 10.6 Å². The molecule has 5 heteroatoms. The number of hydrogen-bond donors (Lipinski definition) is 2. The van der Waals surface area contributed by atoms with Gasteiger partial charge < -0.3 is 15.5 Å². The monoisotopic (exact) mass is 373 g/mol. The molecule has 0 amide bonds. The minimum Gasteiger partial charge on any atom is -0.363 e. The average Bonchev–Trinajstić information content (AvgIpc) is 2.63. The SMILES string of the molecule is CCc1ccc([C@@H](NC(=S)NCCCN(C)C)c2cccc(F)c2)cc1. The van der Waals surface area contributed by atoms with E-state index in [9.17, 15) is 4.39 Å². The van der Waals surface area contributed by atoms with E-state index in [1.165, 1.54) is 11.6 Å². The maximum absolute atomic E-state index is 13.7. The fourth-order valence-corrected chi connectivity index (χ4v) is 2.99. The molecule has 1 atom stereocenters. The highest BCUT2D eigenvalue weighted by molar-refractivity contribution is 7.80. The van der Waals surface area contributed by atoms with Crippen LogP contribution in [0.1, 0.15) is 36.1 Å². The zero-order valence-corrected chi connectivity index (χ0v) is 16.6. The van der Waals surface area contributed by atoms with Gasteiger partial charge in [0.1, 0.15) is 5.82 Å². The van der Waals surface area contributed by atoms with Crippen molar-refractivity contribution in [1.82, 2.24) is 15.5 Å². The Labute approximate surface area is 161 Å². The van der Waals surface area contributed by atoms with Crippen LogP contribution in [0.3, 0.4) is 0 Å². The summed E-state index contributed by atoms with van der Waals surface area (Å²) in [7, 11) is 4.10. The van der Waals surface area contributed by atoms with Crippen molar-refractivity contribution in [1.29, 1.82) is 0 Å². The van der Waals surface area contributed by atoms with Gasteiger partial charge in [0.05, 0.1) is 6.04 Å². The van der Waals surface area contributed by atoms with E-state index >= 15 is 0 Å². The Kier molecular flexibility index (Phi) is 8.01. The standard InChI is InChI=1S/C21H28FN3S/c1-4-16-9-11-17(12-10-16)20(18-7-5-8-19(22)15-18)24-21(26)23-13-6-14-25(2)3/h5,7-12,15,20H,4,6,13-14H2,1-3H3,(H2,23,24,26)/t20-/m1/s1. The van der Waals surface area contributed by atoms with Crippen molar-refractivity contribution in [3.05, 3.63) is 71.0 Å². The van der Waals surface area contributed by atoms with Crippen LogP contribution in [0.15, 0.2) is 48.5 Å². The molecule has 0 saturated heterocycles. The number of rotatable bonds is 8. The predicted octanol–water partition coefficient (Wildman–Crippen LogP) is 3.89. The molecule has 2 aromatic carbocycles. The van der Waals surface area contributed by atoms with E-state index in [0.29, 0.717) is 5.11 Å². The second-order valence-electron chi connectivity index (χ2n) is 6.64. The van der Waals surface area contributed by atoms with Crippen LogP contribution in [-0.4, -0.2) is 37.2 Å². The van der Waals surface area contributed by atoms with E-state index in [0.717, 1.165) is 37.1 Å². The van der Waals surface area contributed by atoms with Crippen molar-refractivity contribution >= 4 is 17.3 Å². The van der Waals surface area contributed by atoms with Gasteiger partial charge in [0.2, 0.25) is 0 Å². The third kappa shape index (κ3) is 6.39. The minimum atomic E-state index is -0.246. The van der Waals surface area contributed by atoms with E-state index in [-0.39, 0.29) is 11.9 Å². The first kappa shape index (κ1) is 20.3. The number of aryl methyl sites for hydroxylation is 1. The minimum absolute atomic E-state index is 0.189. The van der Waals surface area contributed by atoms with Crippen LogP contribution in [0.5, 0.6) is 0 Å². The third-order valence-corrected chi connectivity index (χ3v) is 4.51. The molecule has 0 aliphatic rings. The highest BCUT2D eigenvalue weighted by Crippen LogP contribution is 2.23. The lowest BCUT2D eigenvalue weighted by atomic mass is 9.97. The fourth-order valence-electron chi connectivity index (χ4n) is 2.77. The van der Waals surface area contributed by atoms with Crippen LogP contribution in [0.4, 0.5) is 4.39 Å². The Morgan fingerprint density at radius 2 is 1.85 bits per heavy atom. The maximum Gasteiger partial charge on any atom is 0.167 e. The summed E-state index contributed by atoms with van der Waals surface area (Å²) in [5.74, 6) is -0.246. The van der Waals surface area contributed by atoms with Crippen LogP contribution in [0, 0.1) is 5.82 Å². The van der Waals surface area contributed by atoms with Gasteiger partial charge >= 0.3 is 0 Å². The van der Waals surface area contributed by atoms with Gasteiger partial charge in [-0.05, 0) is 74.5 Å². The Bertz CT molecular complexity index is 701. The molecule has 0 aromatic heterocycles. The van der Waals surface area contributed by atoms with Crippen molar-refractivity contribution in [3.63, 3.8) is 0 Å². The lowest BCUT2D eigenvalue weighted by Gasteiger charge is -2.22. The van der Waals surface area contributed by atoms with Crippen molar-refractivity contribution in [2.75, 3.05) is 27.2 Å². The number of benzene rings is 2. The summed E-state index contributed by atoms with van der Waals surface area (Å²) in [6, 6.07) is 14.8. The molecule has 0 spiro atoms. The lowest BCUT2D eigenvalue weighted by Crippen LogP contribution is -2.39. The summed E-state index contributed by atoms with van der Waals surface area (Å²) >= 11 is 5.46. The van der Waals surface area contributed by atoms with Crippen molar-refractivity contribution in [3.8, 4) is 0 Å². The van der Waals surface area contributed by atoms with E-state index in [1.807, 2.05) is 6.07 Å². The van der Waals surface area contributed by atoms with Gasteiger partial charge in [-0.15, -0.1) is 0 Å². The second kappa shape index (κ2) is 10.2. The predicted molar refractivity (Wildman–Crippen MR) is 111 cm³/mol. The molecule has 0 radical (unpaired) electrons. The maximum atomic E-state index is 13.7. The Morgan fingerprint density at radius 1 is 1.12 bits per heavy atom. The van der Waals surface area contributed by atoms with Gasteiger partial charge in [0.25, 0.3) is 0 Å². The summed E-state index contributed by atoms with van der Waals surface area (Å²) < 4.78 is 13.7. The normalized spacial score (nSPS) is 12.0. The molecule has 3 nitrogen and oxygen atoms in total. The topological polar surface area (TPSA) is 27.3 Å². The van der Waals surface area contributed by atoms with Crippen LogP contribution in [-0.2, 0) is 6.42 Å². The number of nitrogens with zero attached hydrogens (tertiary/aromatic N) is 1. The molecule has 0 heterocycles. The summed E-state index contributed by atoms with van der Waals surface area (Å²) in [4.78, 5) is 2.14. The Balaban J connectivity index is 2.11. The summed E-state index contributed by atoms with van der Waals surface area (Å²) in [5.41, 5.74) is 3.19. The molecule has 140 valence electrons. The molecule has 0 saturated carbocycles. The van der Waals surface area contributed by atoms with Crippen molar-refractivity contribution in [2.45, 2.75) is 25.8 Å². The van der Waals surface area contributed by atoms with E-state index < -0.39 is 0 Å². The molecule has 2 N–H and O–H groups in total. The van der Waals surface area contributed by atoms with Crippen LogP contribution >= 0.6 is 12.2 Å². The van der Waals surface area contributed by atoms with Gasteiger partial charge in [-0.1, -0.05) is 43.3 Å². The molecular formula is C21H28FN3S. The first-order valence-electron chi connectivity index (χ1n) is 9.03. The van der Waals surface area contributed by atoms with Crippen LogP contribution in [0.25, 0.3) is 0 Å². The first-order chi connectivity index (χ1) is 12.5. The van der Waals surface area contributed by atoms with Gasteiger partial charge in [-0.3, -0.25) is 0 Å². The zero-order chi connectivity index (χ0) is 18.9. The van der Waals surface area contributed by atoms with E-state index in [2.05, 4.69) is 60.8 Å². The van der Waals surface area contributed by atoms with E-state index in [4.69, 9.17) is 12.2 Å². The van der Waals surface area contributed by atoms with Crippen LogP contribution in [0.2, 0.25) is 0 Å². The fraction of sp³-hybridized carbons (Fsp3) is 0.381. The summed E-state index contributed by atoms with van der Waals surface area (Å²) in [6.07, 6.45) is 1.99. The molecule has 0 aliphatic carbocycles. The largest absolute Gasteiger partial charge is 0.363 e. The molecule has 26 heavy (non-hydrogen) atoms. The first-order valence-corrected chi connectivity index (χ1v) is 9.43. The lowest BCUT2D eigenvalue weighted by molar-refractivity contribution is 0.400. The molecule has 0 fully saturated rings. The third-order valence-electron chi connectivity index (χ3n) is 4.25. The van der Waals surface area contributed by atoms with Crippen molar-refractivity contribution in [2.24, 2.45) is 0 Å². The number of hydrogen-bond acceptors (Lipinski definition) is 2.